The van der Waals surface area contributed by atoms with E-state index in [1.165, 1.54) is 31.3 Å². The standard InChI is InChI=1S/C13H16N2O3/c16-11-7-14-5-3-9(11)13(17)15-10-4-6-18-12(10)8-1-2-8/h3,5,7-8,10,12,16H,1-2,4,6H2,(H,15,17). The summed E-state index contributed by atoms with van der Waals surface area (Å²) in [5, 5.41) is 12.5. The van der Waals surface area contributed by atoms with Gasteiger partial charge in [-0.1, -0.05) is 0 Å². The minimum Gasteiger partial charge on any atom is -0.505 e. The quantitative estimate of drug-likeness (QED) is 0.839. The van der Waals surface area contributed by atoms with Gasteiger partial charge in [0.2, 0.25) is 0 Å². The maximum Gasteiger partial charge on any atom is 0.255 e. The smallest absolute Gasteiger partial charge is 0.255 e. The maximum absolute atomic E-state index is 12.1. The van der Waals surface area contributed by atoms with E-state index in [-0.39, 0.29) is 29.4 Å². The van der Waals surface area contributed by atoms with Gasteiger partial charge in [0.25, 0.3) is 5.91 Å². The lowest BCUT2D eigenvalue weighted by Crippen LogP contribution is -2.41. The Hall–Kier alpha value is -1.62. The molecule has 1 saturated carbocycles. The number of amides is 1. The Morgan fingerprint density at radius 1 is 1.44 bits per heavy atom. The van der Waals surface area contributed by atoms with Crippen LogP contribution in [0.2, 0.25) is 0 Å². The summed E-state index contributed by atoms with van der Waals surface area (Å²) in [5.41, 5.74) is 0.270. The van der Waals surface area contributed by atoms with Gasteiger partial charge in [-0.15, -0.1) is 0 Å². The number of aromatic nitrogens is 1. The van der Waals surface area contributed by atoms with Crippen molar-refractivity contribution in [1.82, 2.24) is 10.3 Å². The van der Waals surface area contributed by atoms with Crippen molar-refractivity contribution < 1.29 is 14.6 Å². The first-order chi connectivity index (χ1) is 8.75. The molecule has 3 rings (SSSR count). The third-order valence-corrected chi connectivity index (χ3v) is 3.58. The van der Waals surface area contributed by atoms with E-state index in [0.717, 1.165) is 6.42 Å². The summed E-state index contributed by atoms with van der Waals surface area (Å²) in [6.45, 7) is 0.703. The number of ether oxygens (including phenoxy) is 1. The molecule has 0 aromatic carbocycles. The summed E-state index contributed by atoms with van der Waals surface area (Å²) in [4.78, 5) is 15.8. The van der Waals surface area contributed by atoms with Gasteiger partial charge in [-0.25, -0.2) is 0 Å². The lowest BCUT2D eigenvalue weighted by atomic mass is 10.1. The second-order valence-electron chi connectivity index (χ2n) is 4.93. The molecule has 18 heavy (non-hydrogen) atoms. The highest BCUT2D eigenvalue weighted by Crippen LogP contribution is 2.38. The molecule has 1 saturated heterocycles. The Labute approximate surface area is 105 Å². The second-order valence-corrected chi connectivity index (χ2v) is 4.93. The molecule has 0 radical (unpaired) electrons. The van der Waals surface area contributed by atoms with E-state index < -0.39 is 0 Å². The SMILES string of the molecule is O=C(NC1CCOC1C1CC1)c1ccncc1O. The molecule has 5 heteroatoms. The number of hydrogen-bond donors (Lipinski definition) is 2. The first-order valence-electron chi connectivity index (χ1n) is 6.31. The highest BCUT2D eigenvalue weighted by atomic mass is 16.5. The van der Waals surface area contributed by atoms with Crippen LogP contribution in [0.4, 0.5) is 0 Å². The van der Waals surface area contributed by atoms with Gasteiger partial charge in [0.1, 0.15) is 5.75 Å². The van der Waals surface area contributed by atoms with E-state index in [1.54, 1.807) is 0 Å². The molecule has 1 aliphatic carbocycles. The number of pyridine rings is 1. The molecule has 5 nitrogen and oxygen atoms in total. The van der Waals surface area contributed by atoms with Crippen molar-refractivity contribution in [3.63, 3.8) is 0 Å². The van der Waals surface area contributed by atoms with Gasteiger partial charge >= 0.3 is 0 Å². The van der Waals surface area contributed by atoms with E-state index in [2.05, 4.69) is 10.3 Å². The summed E-state index contributed by atoms with van der Waals surface area (Å²) in [6, 6.07) is 1.59. The molecule has 2 unspecified atom stereocenters. The van der Waals surface area contributed by atoms with Crippen molar-refractivity contribution in [2.24, 2.45) is 5.92 Å². The number of hydrogen-bond acceptors (Lipinski definition) is 4. The third-order valence-electron chi connectivity index (χ3n) is 3.58. The fourth-order valence-corrected chi connectivity index (χ4v) is 2.48. The van der Waals surface area contributed by atoms with Gasteiger partial charge in [0.15, 0.2) is 0 Å². The van der Waals surface area contributed by atoms with Crippen molar-refractivity contribution in [3.05, 3.63) is 24.0 Å². The highest BCUT2D eigenvalue weighted by molar-refractivity contribution is 5.96. The van der Waals surface area contributed by atoms with Crippen LogP contribution in [-0.2, 0) is 4.74 Å². The minimum absolute atomic E-state index is 0.0672. The normalized spacial score (nSPS) is 27.1. The number of carbonyl (C=O) groups excluding carboxylic acids is 1. The van der Waals surface area contributed by atoms with Crippen LogP contribution in [0.3, 0.4) is 0 Å². The number of carbonyl (C=O) groups is 1. The van der Waals surface area contributed by atoms with Gasteiger partial charge < -0.3 is 15.2 Å². The molecule has 2 N–H and O–H groups in total. The molecular formula is C13H16N2O3. The number of aromatic hydroxyl groups is 1. The van der Waals surface area contributed by atoms with Gasteiger partial charge in [-0.2, -0.15) is 0 Å². The molecule has 0 bridgehead atoms. The van der Waals surface area contributed by atoms with Crippen LogP contribution in [0.25, 0.3) is 0 Å². The van der Waals surface area contributed by atoms with Gasteiger partial charge in [0.05, 0.1) is 23.9 Å². The number of nitrogens with one attached hydrogen (secondary N) is 1. The Morgan fingerprint density at radius 2 is 2.28 bits per heavy atom. The Balaban J connectivity index is 1.69. The topological polar surface area (TPSA) is 71.5 Å². The van der Waals surface area contributed by atoms with Crippen molar-refractivity contribution in [2.75, 3.05) is 6.61 Å². The Kier molecular flexibility index (Phi) is 2.91. The van der Waals surface area contributed by atoms with Crippen molar-refractivity contribution in [2.45, 2.75) is 31.4 Å². The van der Waals surface area contributed by atoms with Crippen LogP contribution in [0.1, 0.15) is 29.6 Å². The summed E-state index contributed by atoms with van der Waals surface area (Å²) >= 11 is 0. The van der Waals surface area contributed by atoms with E-state index in [0.29, 0.717) is 12.5 Å². The summed E-state index contributed by atoms with van der Waals surface area (Å²) in [6.07, 6.45) is 6.16. The van der Waals surface area contributed by atoms with Crippen LogP contribution < -0.4 is 5.32 Å². The lowest BCUT2D eigenvalue weighted by molar-refractivity contribution is 0.0728. The first kappa shape index (κ1) is 11.5. The zero-order valence-electron chi connectivity index (χ0n) is 10.0. The number of nitrogens with zero attached hydrogens (tertiary/aromatic N) is 1. The zero-order valence-corrected chi connectivity index (χ0v) is 10.0. The molecule has 96 valence electrons. The monoisotopic (exact) mass is 248 g/mol. The molecule has 1 aromatic rings. The fraction of sp³-hybridized carbons (Fsp3) is 0.538. The average molecular weight is 248 g/mol. The van der Waals surface area contributed by atoms with Gasteiger partial charge in [-0.05, 0) is 31.2 Å². The Morgan fingerprint density at radius 3 is 3.00 bits per heavy atom. The van der Waals surface area contributed by atoms with Crippen LogP contribution in [-0.4, -0.2) is 34.8 Å². The first-order valence-corrected chi connectivity index (χ1v) is 6.31. The molecule has 1 amide bonds. The van der Waals surface area contributed by atoms with E-state index >= 15 is 0 Å². The summed E-state index contributed by atoms with van der Waals surface area (Å²) < 4.78 is 5.67. The van der Waals surface area contributed by atoms with Crippen molar-refractivity contribution in [1.29, 1.82) is 0 Å². The Bertz CT molecular complexity index is 459. The predicted molar refractivity (Wildman–Crippen MR) is 64.2 cm³/mol. The van der Waals surface area contributed by atoms with Gasteiger partial charge in [-0.3, -0.25) is 9.78 Å². The third kappa shape index (κ3) is 2.18. The fourth-order valence-electron chi connectivity index (χ4n) is 2.48. The highest BCUT2D eigenvalue weighted by Gasteiger charge is 2.41. The average Bonchev–Trinajstić information content (AvgIpc) is 3.11. The molecule has 1 aromatic heterocycles. The molecular weight excluding hydrogens is 232 g/mol. The molecule has 2 fully saturated rings. The van der Waals surface area contributed by atoms with E-state index in [4.69, 9.17) is 4.74 Å². The minimum atomic E-state index is -0.254. The predicted octanol–water partition coefficient (Wildman–Crippen LogP) is 1.08. The summed E-state index contributed by atoms with van der Waals surface area (Å²) in [5.74, 6) is 0.261. The van der Waals surface area contributed by atoms with Crippen LogP contribution in [0, 0.1) is 5.92 Å². The van der Waals surface area contributed by atoms with E-state index in [1.807, 2.05) is 0 Å². The largest absolute Gasteiger partial charge is 0.505 e. The van der Waals surface area contributed by atoms with Crippen LogP contribution in [0.5, 0.6) is 5.75 Å². The zero-order chi connectivity index (χ0) is 12.5. The molecule has 2 atom stereocenters. The molecule has 2 aliphatic rings. The van der Waals surface area contributed by atoms with Crippen molar-refractivity contribution in [3.8, 4) is 5.75 Å². The number of rotatable bonds is 3. The van der Waals surface area contributed by atoms with Crippen LogP contribution >= 0.6 is 0 Å². The molecule has 0 spiro atoms. The lowest BCUT2D eigenvalue weighted by Gasteiger charge is -2.19. The summed E-state index contributed by atoms with van der Waals surface area (Å²) in [7, 11) is 0. The second kappa shape index (κ2) is 4.57. The van der Waals surface area contributed by atoms with E-state index in [9.17, 15) is 9.90 Å². The van der Waals surface area contributed by atoms with Crippen molar-refractivity contribution >= 4 is 5.91 Å². The van der Waals surface area contributed by atoms with Crippen LogP contribution in [0.15, 0.2) is 18.5 Å². The molecule has 1 aliphatic heterocycles. The van der Waals surface area contributed by atoms with Gasteiger partial charge in [0, 0.05) is 12.8 Å². The molecule has 2 heterocycles. The maximum atomic E-state index is 12.1.